The van der Waals surface area contributed by atoms with Crippen molar-refractivity contribution in [1.29, 1.82) is 0 Å². The van der Waals surface area contributed by atoms with Gasteiger partial charge in [-0.05, 0) is 33.4 Å². The number of nitrogens with zero attached hydrogens (tertiary/aromatic N) is 1. The lowest BCUT2D eigenvalue weighted by Crippen LogP contribution is -2.23. The molecule has 0 aromatic heterocycles. The highest BCUT2D eigenvalue weighted by atomic mass is 16.5. The third-order valence-electron chi connectivity index (χ3n) is 4.86. The molecule has 0 heterocycles. The molecule has 0 amide bonds. The Labute approximate surface area is 157 Å². The quantitative estimate of drug-likeness (QED) is 0.212. The van der Waals surface area contributed by atoms with Crippen LogP contribution in [-0.4, -0.2) is 37.6 Å². The highest BCUT2D eigenvalue weighted by Crippen LogP contribution is 2.15. The van der Waals surface area contributed by atoms with Crippen LogP contribution in [0.25, 0.3) is 0 Å². The number of hydrogen-bond donors (Lipinski definition) is 0. The smallest absolute Gasteiger partial charge is 0.302 e. The summed E-state index contributed by atoms with van der Waals surface area (Å²) in [5, 5.41) is 0. The van der Waals surface area contributed by atoms with Gasteiger partial charge in [-0.3, -0.25) is 4.79 Å². The zero-order valence-electron chi connectivity index (χ0n) is 17.7. The molecule has 0 fully saturated rings. The summed E-state index contributed by atoms with van der Waals surface area (Å²) in [5.74, 6) is -0.140. The highest BCUT2D eigenvalue weighted by Gasteiger charge is 2.12. The van der Waals surface area contributed by atoms with Gasteiger partial charge in [0.05, 0.1) is 0 Å². The molecular formula is C22H45NO2. The Morgan fingerprint density at radius 3 is 1.60 bits per heavy atom. The Balaban J connectivity index is 3.42. The van der Waals surface area contributed by atoms with E-state index in [2.05, 4.69) is 25.9 Å². The van der Waals surface area contributed by atoms with Gasteiger partial charge in [-0.1, -0.05) is 84.0 Å². The van der Waals surface area contributed by atoms with Crippen molar-refractivity contribution in [2.45, 2.75) is 116 Å². The van der Waals surface area contributed by atoms with Crippen LogP contribution in [0.4, 0.5) is 0 Å². The zero-order chi connectivity index (χ0) is 18.8. The van der Waals surface area contributed by atoms with E-state index >= 15 is 0 Å². The van der Waals surface area contributed by atoms with Crippen molar-refractivity contribution in [3.05, 3.63) is 0 Å². The maximum Gasteiger partial charge on any atom is 0.302 e. The Morgan fingerprint density at radius 1 is 0.760 bits per heavy atom. The molecule has 0 aromatic carbocycles. The van der Waals surface area contributed by atoms with Crippen LogP contribution in [-0.2, 0) is 9.53 Å². The first-order chi connectivity index (χ1) is 12.1. The minimum Gasteiger partial charge on any atom is -0.463 e. The average molecular weight is 356 g/mol. The summed E-state index contributed by atoms with van der Waals surface area (Å²) in [7, 11) is 4.13. The van der Waals surface area contributed by atoms with Gasteiger partial charge in [0.1, 0.15) is 6.10 Å². The fourth-order valence-corrected chi connectivity index (χ4v) is 3.29. The molecule has 0 aliphatic carbocycles. The summed E-state index contributed by atoms with van der Waals surface area (Å²) < 4.78 is 5.44. The number of ether oxygens (including phenoxy) is 1. The fourth-order valence-electron chi connectivity index (χ4n) is 3.29. The van der Waals surface area contributed by atoms with Crippen molar-refractivity contribution in [3.63, 3.8) is 0 Å². The predicted molar refractivity (Wildman–Crippen MR) is 109 cm³/mol. The van der Waals surface area contributed by atoms with Crippen LogP contribution in [0.5, 0.6) is 0 Å². The molecule has 0 aromatic rings. The van der Waals surface area contributed by atoms with E-state index in [1.807, 2.05) is 0 Å². The number of rotatable bonds is 18. The largest absolute Gasteiger partial charge is 0.463 e. The van der Waals surface area contributed by atoms with E-state index in [0.717, 1.165) is 19.4 Å². The first-order valence-corrected chi connectivity index (χ1v) is 10.9. The highest BCUT2D eigenvalue weighted by molar-refractivity contribution is 5.66. The minimum atomic E-state index is -0.140. The van der Waals surface area contributed by atoms with Crippen LogP contribution >= 0.6 is 0 Å². The SMILES string of the molecule is CCCCCCCCCCCCCCCC(CCN(C)C)OC(C)=O. The molecule has 0 radical (unpaired) electrons. The molecule has 0 bridgehead atoms. The van der Waals surface area contributed by atoms with Gasteiger partial charge in [0, 0.05) is 13.5 Å². The topological polar surface area (TPSA) is 29.5 Å². The van der Waals surface area contributed by atoms with E-state index in [0.29, 0.717) is 0 Å². The van der Waals surface area contributed by atoms with Gasteiger partial charge in [0.15, 0.2) is 0 Å². The summed E-state index contributed by atoms with van der Waals surface area (Å²) in [6.45, 7) is 4.78. The molecule has 3 heteroatoms. The van der Waals surface area contributed by atoms with Gasteiger partial charge >= 0.3 is 5.97 Å². The van der Waals surface area contributed by atoms with Gasteiger partial charge in [-0.15, -0.1) is 0 Å². The number of carbonyl (C=O) groups excluding carboxylic acids is 1. The second kappa shape index (κ2) is 18.2. The fraction of sp³-hybridized carbons (Fsp3) is 0.955. The lowest BCUT2D eigenvalue weighted by molar-refractivity contribution is -0.147. The Morgan fingerprint density at radius 2 is 1.20 bits per heavy atom. The number of unbranched alkanes of at least 4 members (excludes halogenated alkanes) is 12. The Bertz CT molecular complexity index is 292. The first-order valence-electron chi connectivity index (χ1n) is 10.9. The maximum atomic E-state index is 11.2. The number of carbonyl (C=O) groups is 1. The lowest BCUT2D eigenvalue weighted by atomic mass is 10.0. The summed E-state index contributed by atoms with van der Waals surface area (Å²) in [6, 6.07) is 0. The van der Waals surface area contributed by atoms with Crippen molar-refractivity contribution in [2.75, 3.05) is 20.6 Å². The van der Waals surface area contributed by atoms with E-state index in [4.69, 9.17) is 4.74 Å². The summed E-state index contributed by atoms with van der Waals surface area (Å²) >= 11 is 0. The molecule has 0 aliphatic rings. The maximum absolute atomic E-state index is 11.2. The molecule has 0 saturated carbocycles. The van der Waals surface area contributed by atoms with Gasteiger partial charge in [0.25, 0.3) is 0 Å². The minimum absolute atomic E-state index is 0.104. The summed E-state index contributed by atoms with van der Waals surface area (Å²) in [5.41, 5.74) is 0. The Kier molecular flexibility index (Phi) is 17.8. The first kappa shape index (κ1) is 24.4. The van der Waals surface area contributed by atoms with E-state index in [9.17, 15) is 4.79 Å². The molecule has 150 valence electrons. The standard InChI is InChI=1S/C22H45NO2/c1-5-6-7-8-9-10-11-12-13-14-15-16-17-18-22(25-21(2)24)19-20-23(3)4/h22H,5-20H2,1-4H3. The second-order valence-corrected chi connectivity index (χ2v) is 7.85. The van der Waals surface area contributed by atoms with Crippen molar-refractivity contribution in [3.8, 4) is 0 Å². The van der Waals surface area contributed by atoms with Crippen molar-refractivity contribution in [2.24, 2.45) is 0 Å². The zero-order valence-corrected chi connectivity index (χ0v) is 17.7. The summed E-state index contributed by atoms with van der Waals surface area (Å²) in [4.78, 5) is 13.3. The van der Waals surface area contributed by atoms with E-state index in [-0.39, 0.29) is 12.1 Å². The van der Waals surface area contributed by atoms with Crippen LogP contribution in [0, 0.1) is 0 Å². The van der Waals surface area contributed by atoms with Gasteiger partial charge in [-0.2, -0.15) is 0 Å². The number of hydrogen-bond acceptors (Lipinski definition) is 3. The van der Waals surface area contributed by atoms with Crippen molar-refractivity contribution in [1.82, 2.24) is 4.90 Å². The molecule has 0 rings (SSSR count). The van der Waals surface area contributed by atoms with E-state index < -0.39 is 0 Å². The van der Waals surface area contributed by atoms with Gasteiger partial charge < -0.3 is 9.64 Å². The van der Waals surface area contributed by atoms with Crippen molar-refractivity contribution >= 4 is 5.97 Å². The van der Waals surface area contributed by atoms with E-state index in [1.165, 1.54) is 90.4 Å². The van der Waals surface area contributed by atoms with Crippen LogP contribution in [0.15, 0.2) is 0 Å². The normalized spacial score (nSPS) is 12.5. The average Bonchev–Trinajstić information content (AvgIpc) is 2.56. The lowest BCUT2D eigenvalue weighted by Gasteiger charge is -2.19. The monoisotopic (exact) mass is 355 g/mol. The number of esters is 1. The van der Waals surface area contributed by atoms with Crippen LogP contribution in [0.3, 0.4) is 0 Å². The molecule has 0 N–H and O–H groups in total. The van der Waals surface area contributed by atoms with Crippen LogP contribution in [0.2, 0.25) is 0 Å². The third kappa shape index (κ3) is 19.6. The van der Waals surface area contributed by atoms with Gasteiger partial charge in [-0.25, -0.2) is 0 Å². The molecule has 25 heavy (non-hydrogen) atoms. The molecule has 0 aliphatic heterocycles. The molecule has 0 spiro atoms. The molecule has 1 atom stereocenters. The molecular weight excluding hydrogens is 310 g/mol. The van der Waals surface area contributed by atoms with Crippen LogP contribution < -0.4 is 0 Å². The second-order valence-electron chi connectivity index (χ2n) is 7.85. The van der Waals surface area contributed by atoms with Crippen molar-refractivity contribution < 1.29 is 9.53 Å². The molecule has 1 unspecified atom stereocenters. The third-order valence-corrected chi connectivity index (χ3v) is 4.86. The molecule has 3 nitrogen and oxygen atoms in total. The summed E-state index contributed by atoms with van der Waals surface area (Å²) in [6.07, 6.45) is 19.9. The predicted octanol–water partition coefficient (Wildman–Crippen LogP) is 6.35. The van der Waals surface area contributed by atoms with E-state index in [1.54, 1.807) is 0 Å². The van der Waals surface area contributed by atoms with Crippen LogP contribution in [0.1, 0.15) is 110 Å². The Hall–Kier alpha value is -0.570. The molecule has 0 saturated heterocycles. The van der Waals surface area contributed by atoms with Gasteiger partial charge in [0.2, 0.25) is 0 Å².